The van der Waals surface area contributed by atoms with Crippen LogP contribution < -0.4 is 10.1 Å². The third-order valence-corrected chi connectivity index (χ3v) is 5.53. The first-order valence-corrected chi connectivity index (χ1v) is 10.2. The van der Waals surface area contributed by atoms with Crippen LogP contribution in [0.2, 0.25) is 5.02 Å². The highest BCUT2D eigenvalue weighted by Gasteiger charge is 2.19. The smallest absolute Gasteiger partial charge is 0.259 e. The normalized spacial score (nSPS) is 10.7. The van der Waals surface area contributed by atoms with E-state index >= 15 is 0 Å². The Kier molecular flexibility index (Phi) is 5.64. The van der Waals surface area contributed by atoms with E-state index in [0.29, 0.717) is 34.3 Å². The predicted molar refractivity (Wildman–Crippen MR) is 117 cm³/mol. The second kappa shape index (κ2) is 8.51. The minimum Gasteiger partial charge on any atom is -0.495 e. The van der Waals surface area contributed by atoms with Crippen molar-refractivity contribution >= 4 is 34.5 Å². The van der Waals surface area contributed by atoms with Crippen LogP contribution in [-0.4, -0.2) is 22.8 Å². The quantitative estimate of drug-likeness (QED) is 0.440. The van der Waals surface area contributed by atoms with Crippen LogP contribution in [0, 0.1) is 0 Å². The molecule has 0 aliphatic carbocycles. The SMILES string of the molecule is COc1ccc(NC(=O)c2cn(Cc3ccccc3)nc2-c2cccs2)cc1Cl. The molecule has 5 nitrogen and oxygen atoms in total. The van der Waals surface area contributed by atoms with E-state index in [1.165, 1.54) is 0 Å². The van der Waals surface area contributed by atoms with Crippen LogP contribution in [0.5, 0.6) is 5.75 Å². The molecule has 29 heavy (non-hydrogen) atoms. The summed E-state index contributed by atoms with van der Waals surface area (Å²) in [6.07, 6.45) is 1.78. The molecule has 0 saturated heterocycles. The highest BCUT2D eigenvalue weighted by molar-refractivity contribution is 7.13. The summed E-state index contributed by atoms with van der Waals surface area (Å²) in [6.45, 7) is 0.584. The number of thiophene rings is 1. The number of nitrogens with one attached hydrogen (secondary N) is 1. The number of halogens is 1. The van der Waals surface area contributed by atoms with Crippen LogP contribution in [0.15, 0.2) is 72.2 Å². The van der Waals surface area contributed by atoms with E-state index in [2.05, 4.69) is 10.4 Å². The molecular formula is C22H18ClN3O2S. The number of nitrogens with zero attached hydrogens (tertiary/aromatic N) is 2. The summed E-state index contributed by atoms with van der Waals surface area (Å²) in [5.74, 6) is 0.313. The van der Waals surface area contributed by atoms with E-state index in [-0.39, 0.29) is 5.91 Å². The molecule has 2 aromatic heterocycles. The lowest BCUT2D eigenvalue weighted by molar-refractivity contribution is 0.102. The van der Waals surface area contributed by atoms with E-state index in [0.717, 1.165) is 10.4 Å². The lowest BCUT2D eigenvalue weighted by atomic mass is 10.2. The Labute approximate surface area is 177 Å². The Morgan fingerprint density at radius 1 is 1.17 bits per heavy atom. The molecule has 0 aliphatic rings. The maximum atomic E-state index is 13.0. The molecule has 1 N–H and O–H groups in total. The predicted octanol–water partition coefficient (Wildman–Crippen LogP) is 5.57. The van der Waals surface area contributed by atoms with Gasteiger partial charge in [-0.05, 0) is 35.2 Å². The molecule has 2 aromatic carbocycles. The number of carbonyl (C=O) groups is 1. The van der Waals surface area contributed by atoms with Gasteiger partial charge in [0, 0.05) is 11.9 Å². The molecule has 4 aromatic rings. The Hall–Kier alpha value is -3.09. The maximum Gasteiger partial charge on any atom is 0.259 e. The molecule has 0 aliphatic heterocycles. The first kappa shape index (κ1) is 19.2. The minimum atomic E-state index is -0.242. The van der Waals surface area contributed by atoms with Crippen LogP contribution in [0.4, 0.5) is 5.69 Å². The maximum absolute atomic E-state index is 13.0. The first-order chi connectivity index (χ1) is 14.1. The second-order valence-electron chi connectivity index (χ2n) is 6.36. The number of amides is 1. The van der Waals surface area contributed by atoms with Crippen LogP contribution >= 0.6 is 22.9 Å². The third kappa shape index (κ3) is 4.34. The summed E-state index contributed by atoms with van der Waals surface area (Å²) >= 11 is 7.72. The lowest BCUT2D eigenvalue weighted by Gasteiger charge is -2.08. The molecule has 0 spiro atoms. The standard InChI is InChI=1S/C22H18ClN3O2S/c1-28-19-10-9-16(12-18(19)23)24-22(27)17-14-26(13-15-6-3-2-4-7-15)25-21(17)20-8-5-11-29-20/h2-12,14H,13H2,1H3,(H,24,27). The van der Waals surface area contributed by atoms with Gasteiger partial charge in [0.1, 0.15) is 11.4 Å². The number of methoxy groups -OCH3 is 1. The van der Waals surface area contributed by atoms with Crippen LogP contribution in [-0.2, 0) is 6.54 Å². The van der Waals surface area contributed by atoms with Gasteiger partial charge in [-0.15, -0.1) is 11.3 Å². The van der Waals surface area contributed by atoms with Crippen molar-refractivity contribution in [2.45, 2.75) is 6.54 Å². The molecule has 2 heterocycles. The van der Waals surface area contributed by atoms with Crippen LogP contribution in [0.3, 0.4) is 0 Å². The van der Waals surface area contributed by atoms with Gasteiger partial charge in [-0.2, -0.15) is 5.10 Å². The highest BCUT2D eigenvalue weighted by Crippen LogP contribution is 2.30. The van der Waals surface area contributed by atoms with E-state index < -0.39 is 0 Å². The second-order valence-corrected chi connectivity index (χ2v) is 7.71. The topological polar surface area (TPSA) is 56.1 Å². The molecule has 0 radical (unpaired) electrons. The lowest BCUT2D eigenvalue weighted by Crippen LogP contribution is -2.12. The number of rotatable bonds is 6. The van der Waals surface area contributed by atoms with Crippen LogP contribution in [0.1, 0.15) is 15.9 Å². The zero-order valence-corrected chi connectivity index (χ0v) is 17.2. The number of hydrogen-bond acceptors (Lipinski definition) is 4. The van der Waals surface area contributed by atoms with Crippen LogP contribution in [0.25, 0.3) is 10.6 Å². The molecule has 146 valence electrons. The van der Waals surface area contributed by atoms with Gasteiger partial charge in [0.05, 0.1) is 29.1 Å². The molecule has 0 fully saturated rings. The van der Waals surface area contributed by atoms with Crippen molar-refractivity contribution in [2.24, 2.45) is 0 Å². The number of aromatic nitrogens is 2. The zero-order valence-electron chi connectivity index (χ0n) is 15.6. The Morgan fingerprint density at radius 3 is 2.69 bits per heavy atom. The van der Waals surface area contributed by atoms with Crippen molar-refractivity contribution in [3.05, 3.63) is 88.4 Å². The molecule has 4 rings (SSSR count). The van der Waals surface area contributed by atoms with Gasteiger partial charge >= 0.3 is 0 Å². The average Bonchev–Trinajstić information content (AvgIpc) is 3.39. The molecular weight excluding hydrogens is 406 g/mol. The zero-order chi connectivity index (χ0) is 20.2. The molecule has 0 bridgehead atoms. The van der Waals surface area contributed by atoms with Gasteiger partial charge in [0.25, 0.3) is 5.91 Å². The molecule has 7 heteroatoms. The van der Waals surface area contributed by atoms with Crippen molar-refractivity contribution in [1.29, 1.82) is 0 Å². The fourth-order valence-electron chi connectivity index (χ4n) is 2.98. The summed E-state index contributed by atoms with van der Waals surface area (Å²) in [5, 5.41) is 9.98. The number of anilines is 1. The largest absolute Gasteiger partial charge is 0.495 e. The molecule has 0 unspecified atom stereocenters. The molecule has 0 saturated carbocycles. The first-order valence-electron chi connectivity index (χ1n) is 8.94. The van der Waals surface area contributed by atoms with Gasteiger partial charge in [-0.25, -0.2) is 0 Å². The van der Waals surface area contributed by atoms with Gasteiger partial charge in [0.2, 0.25) is 0 Å². The van der Waals surface area contributed by atoms with E-state index in [9.17, 15) is 4.79 Å². The van der Waals surface area contributed by atoms with Crippen molar-refractivity contribution in [1.82, 2.24) is 9.78 Å². The number of carbonyl (C=O) groups excluding carboxylic acids is 1. The van der Waals surface area contributed by atoms with E-state index in [1.54, 1.807) is 47.5 Å². The Morgan fingerprint density at radius 2 is 2.00 bits per heavy atom. The summed E-state index contributed by atoms with van der Waals surface area (Å²) in [4.78, 5) is 14.0. The fourth-order valence-corrected chi connectivity index (χ4v) is 3.96. The fraction of sp³-hybridized carbons (Fsp3) is 0.0909. The summed E-state index contributed by atoms with van der Waals surface area (Å²) < 4.78 is 6.95. The number of hydrogen-bond donors (Lipinski definition) is 1. The van der Waals surface area contributed by atoms with E-state index in [1.807, 2.05) is 47.8 Å². The van der Waals surface area contributed by atoms with Gasteiger partial charge in [-0.3, -0.25) is 9.48 Å². The minimum absolute atomic E-state index is 0.242. The summed E-state index contributed by atoms with van der Waals surface area (Å²) in [7, 11) is 1.55. The van der Waals surface area contributed by atoms with Gasteiger partial charge in [0.15, 0.2) is 0 Å². The summed E-state index contributed by atoms with van der Waals surface area (Å²) in [6, 6.07) is 19.1. The Bertz CT molecular complexity index is 1120. The average molecular weight is 424 g/mol. The monoisotopic (exact) mass is 423 g/mol. The van der Waals surface area contributed by atoms with Crippen molar-refractivity contribution in [2.75, 3.05) is 12.4 Å². The van der Waals surface area contributed by atoms with Crippen molar-refractivity contribution in [3.8, 4) is 16.3 Å². The van der Waals surface area contributed by atoms with Crippen molar-refractivity contribution in [3.63, 3.8) is 0 Å². The molecule has 1 amide bonds. The van der Waals surface area contributed by atoms with Gasteiger partial charge in [-0.1, -0.05) is 48.0 Å². The van der Waals surface area contributed by atoms with Gasteiger partial charge < -0.3 is 10.1 Å². The number of ether oxygens (including phenoxy) is 1. The third-order valence-electron chi connectivity index (χ3n) is 4.36. The van der Waals surface area contributed by atoms with E-state index in [4.69, 9.17) is 16.3 Å². The number of benzene rings is 2. The summed E-state index contributed by atoms with van der Waals surface area (Å²) in [5.41, 5.74) is 2.87. The Balaban J connectivity index is 1.64. The van der Waals surface area contributed by atoms with Crippen molar-refractivity contribution < 1.29 is 9.53 Å². The molecule has 0 atom stereocenters. The highest BCUT2D eigenvalue weighted by atomic mass is 35.5.